The number of carbonyl (C=O) groups excluding carboxylic acids is 2. The smallest absolute Gasteiger partial charge is 0.323 e. The van der Waals surface area contributed by atoms with Gasteiger partial charge in [-0.3, -0.25) is 14.5 Å². The van der Waals surface area contributed by atoms with Crippen molar-refractivity contribution in [2.24, 2.45) is 5.92 Å². The van der Waals surface area contributed by atoms with Crippen LogP contribution in [0.3, 0.4) is 0 Å². The van der Waals surface area contributed by atoms with Crippen molar-refractivity contribution < 1.29 is 23.1 Å². The first-order valence-electron chi connectivity index (χ1n) is 8.99. The number of esters is 1. The van der Waals surface area contributed by atoms with Crippen molar-refractivity contribution in [2.45, 2.75) is 25.0 Å². The van der Waals surface area contributed by atoms with Crippen LogP contribution in [0.4, 0.5) is 8.78 Å². The summed E-state index contributed by atoms with van der Waals surface area (Å²) < 4.78 is 33.1. The van der Waals surface area contributed by atoms with Gasteiger partial charge >= 0.3 is 5.97 Å². The van der Waals surface area contributed by atoms with Gasteiger partial charge in [-0.1, -0.05) is 42.5 Å². The summed E-state index contributed by atoms with van der Waals surface area (Å²) in [6, 6.07) is 11.7. The van der Waals surface area contributed by atoms with E-state index in [1.54, 1.807) is 11.9 Å². The molecule has 0 aliphatic carbocycles. The Hall–Kier alpha value is -2.80. The highest BCUT2D eigenvalue weighted by Gasteiger charge is 2.47. The monoisotopic (exact) mass is 388 g/mol. The molecule has 1 amide bonds. The van der Waals surface area contributed by atoms with Gasteiger partial charge in [0.1, 0.15) is 6.04 Å². The van der Waals surface area contributed by atoms with E-state index in [0.717, 1.165) is 11.6 Å². The summed E-state index contributed by atoms with van der Waals surface area (Å²) >= 11 is 0. The molecule has 2 aromatic rings. The van der Waals surface area contributed by atoms with Crippen molar-refractivity contribution in [1.29, 1.82) is 0 Å². The topological polar surface area (TPSA) is 58.6 Å². The van der Waals surface area contributed by atoms with Gasteiger partial charge in [-0.25, -0.2) is 8.78 Å². The Balaban J connectivity index is 1.88. The van der Waals surface area contributed by atoms with Crippen LogP contribution in [-0.2, 0) is 20.9 Å². The van der Waals surface area contributed by atoms with E-state index < -0.39 is 35.6 Å². The second-order valence-electron chi connectivity index (χ2n) is 6.84. The predicted molar refractivity (Wildman–Crippen MR) is 99.1 cm³/mol. The number of nitrogens with zero attached hydrogens (tertiary/aromatic N) is 1. The third-order valence-electron chi connectivity index (χ3n) is 5.21. The normalized spacial score (nSPS) is 22.1. The lowest BCUT2D eigenvalue weighted by Gasteiger charge is -2.27. The van der Waals surface area contributed by atoms with Gasteiger partial charge in [0.05, 0.1) is 19.1 Å². The summed E-state index contributed by atoms with van der Waals surface area (Å²) in [7, 11) is 2.87. The summed E-state index contributed by atoms with van der Waals surface area (Å²) in [6.07, 6.45) is 0.157. The number of halogens is 2. The Labute approximate surface area is 162 Å². The molecular weight excluding hydrogens is 366 g/mol. The van der Waals surface area contributed by atoms with Crippen LogP contribution < -0.4 is 5.32 Å². The molecule has 0 saturated carbocycles. The van der Waals surface area contributed by atoms with Crippen LogP contribution >= 0.6 is 0 Å². The number of likely N-dealkylation sites (N-methyl/N-ethyl adjacent to an activating group) is 1. The standard InChI is InChI=1S/C21H22F2N2O3/c1-25-17(21(27)28-2)11-15(19(25)14-9-6-10-16(22)18(14)23)20(26)24-12-13-7-4-3-5-8-13/h3-10,15,17,19H,11-12H2,1-2H3,(H,24,26)/t15-,17-,19-/m0/s1. The summed E-state index contributed by atoms with van der Waals surface area (Å²) in [4.78, 5) is 26.6. The van der Waals surface area contributed by atoms with E-state index >= 15 is 0 Å². The van der Waals surface area contributed by atoms with Crippen LogP contribution in [0.1, 0.15) is 23.6 Å². The number of benzene rings is 2. The molecule has 1 aliphatic heterocycles. The molecule has 5 nitrogen and oxygen atoms in total. The molecule has 7 heteroatoms. The van der Waals surface area contributed by atoms with E-state index in [-0.39, 0.29) is 17.9 Å². The maximum atomic E-state index is 14.5. The number of ether oxygens (including phenoxy) is 1. The Kier molecular flexibility index (Phi) is 6.04. The highest BCUT2D eigenvalue weighted by Crippen LogP contribution is 2.41. The molecule has 1 heterocycles. The molecule has 28 heavy (non-hydrogen) atoms. The van der Waals surface area contributed by atoms with Gasteiger partial charge in [-0.2, -0.15) is 0 Å². The quantitative estimate of drug-likeness (QED) is 0.801. The van der Waals surface area contributed by atoms with Crippen LogP contribution in [0.25, 0.3) is 0 Å². The van der Waals surface area contributed by atoms with E-state index in [1.807, 2.05) is 30.3 Å². The number of methoxy groups -OCH3 is 1. The van der Waals surface area contributed by atoms with Gasteiger partial charge in [0.25, 0.3) is 0 Å². The molecular formula is C21H22F2N2O3. The Bertz CT molecular complexity index is 860. The Morgan fingerprint density at radius 2 is 1.86 bits per heavy atom. The fourth-order valence-electron chi connectivity index (χ4n) is 3.76. The van der Waals surface area contributed by atoms with Crippen molar-refractivity contribution in [1.82, 2.24) is 10.2 Å². The van der Waals surface area contributed by atoms with Gasteiger partial charge in [0, 0.05) is 12.1 Å². The van der Waals surface area contributed by atoms with Crippen molar-refractivity contribution in [3.8, 4) is 0 Å². The molecule has 3 atom stereocenters. The summed E-state index contributed by atoms with van der Waals surface area (Å²) in [5, 5.41) is 2.84. The average molecular weight is 388 g/mol. The van der Waals surface area contributed by atoms with Gasteiger partial charge in [-0.05, 0) is 25.1 Å². The lowest BCUT2D eigenvalue weighted by Crippen LogP contribution is -2.36. The molecule has 1 fully saturated rings. The molecule has 0 spiro atoms. The summed E-state index contributed by atoms with van der Waals surface area (Å²) in [5.74, 6) is -3.56. The van der Waals surface area contributed by atoms with Crippen molar-refractivity contribution in [3.05, 3.63) is 71.3 Å². The number of carbonyl (C=O) groups is 2. The zero-order valence-corrected chi connectivity index (χ0v) is 15.7. The van der Waals surface area contributed by atoms with Crippen LogP contribution in [0.5, 0.6) is 0 Å². The molecule has 0 bridgehead atoms. The van der Waals surface area contributed by atoms with Gasteiger partial charge in [-0.15, -0.1) is 0 Å². The number of amides is 1. The molecule has 1 saturated heterocycles. The molecule has 2 aromatic carbocycles. The van der Waals surface area contributed by atoms with Crippen LogP contribution in [0.2, 0.25) is 0 Å². The molecule has 0 aromatic heterocycles. The van der Waals surface area contributed by atoms with Crippen LogP contribution in [0, 0.1) is 17.6 Å². The summed E-state index contributed by atoms with van der Waals surface area (Å²) in [6.45, 7) is 0.307. The van der Waals surface area contributed by atoms with Gasteiger partial charge < -0.3 is 10.1 Å². The second-order valence-corrected chi connectivity index (χ2v) is 6.84. The average Bonchev–Trinajstić information content (AvgIpc) is 3.05. The zero-order valence-electron chi connectivity index (χ0n) is 15.7. The third kappa shape index (κ3) is 3.89. The number of hydrogen-bond acceptors (Lipinski definition) is 4. The lowest BCUT2D eigenvalue weighted by molar-refractivity contribution is -0.145. The fraction of sp³-hybridized carbons (Fsp3) is 0.333. The first-order chi connectivity index (χ1) is 13.4. The fourth-order valence-corrected chi connectivity index (χ4v) is 3.76. The largest absolute Gasteiger partial charge is 0.468 e. The number of rotatable bonds is 5. The van der Waals surface area contributed by atoms with Crippen LogP contribution in [0.15, 0.2) is 48.5 Å². The lowest BCUT2D eigenvalue weighted by atomic mass is 9.91. The molecule has 1 N–H and O–H groups in total. The first kappa shape index (κ1) is 19.9. The highest BCUT2D eigenvalue weighted by atomic mass is 19.2. The maximum Gasteiger partial charge on any atom is 0.323 e. The van der Waals surface area contributed by atoms with Gasteiger partial charge in [0.2, 0.25) is 5.91 Å². The minimum Gasteiger partial charge on any atom is -0.468 e. The molecule has 3 rings (SSSR count). The number of nitrogens with one attached hydrogen (secondary N) is 1. The minimum absolute atomic E-state index is 0.0498. The SMILES string of the molecule is COC(=O)[C@@H]1C[C@H](C(=O)NCc2ccccc2)[C@H](c2cccc(F)c2F)N1C. The van der Waals surface area contributed by atoms with Crippen molar-refractivity contribution in [2.75, 3.05) is 14.2 Å². The zero-order chi connectivity index (χ0) is 20.3. The van der Waals surface area contributed by atoms with E-state index in [9.17, 15) is 18.4 Å². The summed E-state index contributed by atoms with van der Waals surface area (Å²) in [5.41, 5.74) is 0.967. The van der Waals surface area contributed by atoms with Gasteiger partial charge in [0.15, 0.2) is 11.6 Å². The molecule has 148 valence electrons. The maximum absolute atomic E-state index is 14.5. The second kappa shape index (κ2) is 8.48. The third-order valence-corrected chi connectivity index (χ3v) is 5.21. The highest BCUT2D eigenvalue weighted by molar-refractivity contribution is 5.83. The van der Waals surface area contributed by atoms with E-state index in [4.69, 9.17) is 4.74 Å². The molecule has 0 radical (unpaired) electrons. The van der Waals surface area contributed by atoms with Crippen molar-refractivity contribution >= 4 is 11.9 Å². The Morgan fingerprint density at radius 1 is 1.14 bits per heavy atom. The number of hydrogen-bond donors (Lipinski definition) is 1. The van der Waals surface area contributed by atoms with E-state index in [1.165, 1.54) is 19.2 Å². The minimum atomic E-state index is -1.01. The van der Waals surface area contributed by atoms with Crippen LogP contribution in [-0.4, -0.2) is 37.0 Å². The van der Waals surface area contributed by atoms with E-state index in [0.29, 0.717) is 6.54 Å². The molecule has 0 unspecified atom stereocenters. The first-order valence-corrected chi connectivity index (χ1v) is 8.99. The predicted octanol–water partition coefficient (Wildman–Crippen LogP) is 2.82. The molecule has 1 aliphatic rings. The number of likely N-dealkylation sites (tertiary alicyclic amines) is 1. The van der Waals surface area contributed by atoms with Crippen molar-refractivity contribution in [3.63, 3.8) is 0 Å². The van der Waals surface area contributed by atoms with E-state index in [2.05, 4.69) is 5.32 Å². The Morgan fingerprint density at radius 3 is 2.54 bits per heavy atom.